The number of benzene rings is 1. The number of hydrogen-bond donors (Lipinski definition) is 1. The van der Waals surface area contributed by atoms with Crippen molar-refractivity contribution in [2.45, 2.75) is 39.2 Å². The molecule has 1 aromatic carbocycles. The maximum atomic E-state index is 10.6. The fourth-order valence-electron chi connectivity index (χ4n) is 2.21. The summed E-state index contributed by atoms with van der Waals surface area (Å²) in [7, 11) is 1.91. The topological polar surface area (TPSA) is 38.1 Å². The number of hydrogen-bond acceptors (Lipinski definition) is 2. The van der Waals surface area contributed by atoms with E-state index in [0.717, 1.165) is 17.5 Å². The third-order valence-corrected chi connectivity index (χ3v) is 3.79. The van der Waals surface area contributed by atoms with Crippen LogP contribution >= 0.6 is 0 Å². The fraction of sp³-hybridized carbons (Fsp3) is 0.438. The first kappa shape index (κ1) is 13.8. The lowest BCUT2D eigenvalue weighted by atomic mass is 9.88. The second-order valence-electron chi connectivity index (χ2n) is 5.60. The number of aryl methyl sites for hydroxylation is 4. The fourth-order valence-corrected chi connectivity index (χ4v) is 2.21. The van der Waals surface area contributed by atoms with Gasteiger partial charge in [0.25, 0.3) is 0 Å². The van der Waals surface area contributed by atoms with Crippen molar-refractivity contribution in [3.8, 4) is 0 Å². The molecule has 1 heterocycles. The van der Waals surface area contributed by atoms with E-state index in [1.807, 2.05) is 32.4 Å². The Morgan fingerprint density at radius 2 is 2.00 bits per heavy atom. The summed E-state index contributed by atoms with van der Waals surface area (Å²) in [5.74, 6) is 0. The lowest BCUT2D eigenvalue weighted by Gasteiger charge is -2.24. The molecule has 1 aromatic heterocycles. The van der Waals surface area contributed by atoms with Gasteiger partial charge in [-0.3, -0.25) is 4.68 Å². The molecule has 102 valence electrons. The average Bonchev–Trinajstić information content (AvgIpc) is 2.76. The van der Waals surface area contributed by atoms with Crippen molar-refractivity contribution in [1.82, 2.24) is 9.78 Å². The molecular formula is C16H22N2O. The third-order valence-electron chi connectivity index (χ3n) is 3.79. The van der Waals surface area contributed by atoms with Gasteiger partial charge in [-0.05, 0) is 55.9 Å². The van der Waals surface area contributed by atoms with Crippen LogP contribution in [0.5, 0.6) is 0 Å². The largest absolute Gasteiger partial charge is 0.385 e. The summed E-state index contributed by atoms with van der Waals surface area (Å²) in [6.07, 6.45) is 5.38. The van der Waals surface area contributed by atoms with Gasteiger partial charge < -0.3 is 5.11 Å². The van der Waals surface area contributed by atoms with Gasteiger partial charge in [0.15, 0.2) is 0 Å². The number of rotatable bonds is 4. The Labute approximate surface area is 114 Å². The number of aromatic nitrogens is 2. The van der Waals surface area contributed by atoms with E-state index in [1.54, 1.807) is 4.68 Å². The summed E-state index contributed by atoms with van der Waals surface area (Å²) in [6, 6.07) is 6.17. The zero-order valence-corrected chi connectivity index (χ0v) is 12.1. The molecule has 0 bridgehead atoms. The summed E-state index contributed by atoms with van der Waals surface area (Å²) in [6.45, 7) is 6.05. The molecule has 3 nitrogen and oxygen atoms in total. The molecule has 2 aromatic rings. The second-order valence-corrected chi connectivity index (χ2v) is 5.60. The summed E-state index contributed by atoms with van der Waals surface area (Å²) < 4.78 is 1.79. The van der Waals surface area contributed by atoms with E-state index in [1.165, 1.54) is 11.1 Å². The summed E-state index contributed by atoms with van der Waals surface area (Å²) in [5, 5.41) is 14.8. The van der Waals surface area contributed by atoms with Gasteiger partial charge in [-0.15, -0.1) is 0 Å². The Balaban J connectivity index is 2.10. The highest BCUT2D eigenvalue weighted by atomic mass is 16.3. The van der Waals surface area contributed by atoms with Crippen molar-refractivity contribution < 1.29 is 5.11 Å². The van der Waals surface area contributed by atoms with Crippen LogP contribution in [0.2, 0.25) is 0 Å². The summed E-state index contributed by atoms with van der Waals surface area (Å²) in [5.41, 5.74) is 3.82. The SMILES string of the molecule is Cc1ccc(C(C)(O)CCc2cnn(C)c2)cc1C. The van der Waals surface area contributed by atoms with Crippen LogP contribution in [0.1, 0.15) is 35.6 Å². The van der Waals surface area contributed by atoms with E-state index in [4.69, 9.17) is 0 Å². The minimum atomic E-state index is -0.797. The molecule has 2 rings (SSSR count). The van der Waals surface area contributed by atoms with Crippen LogP contribution < -0.4 is 0 Å². The molecule has 1 N–H and O–H groups in total. The molecule has 0 amide bonds. The normalized spacial score (nSPS) is 14.4. The maximum absolute atomic E-state index is 10.6. The predicted octanol–water partition coefficient (Wildman–Crippen LogP) is 2.88. The van der Waals surface area contributed by atoms with Crippen LogP contribution in [0.3, 0.4) is 0 Å². The molecule has 0 saturated heterocycles. The Hall–Kier alpha value is -1.61. The highest BCUT2D eigenvalue weighted by Crippen LogP contribution is 2.27. The number of nitrogens with zero attached hydrogens (tertiary/aromatic N) is 2. The van der Waals surface area contributed by atoms with Gasteiger partial charge in [0, 0.05) is 13.2 Å². The highest BCUT2D eigenvalue weighted by molar-refractivity contribution is 5.33. The summed E-state index contributed by atoms with van der Waals surface area (Å²) >= 11 is 0. The third kappa shape index (κ3) is 3.24. The van der Waals surface area contributed by atoms with Crippen LogP contribution in [0.15, 0.2) is 30.6 Å². The zero-order valence-electron chi connectivity index (χ0n) is 12.1. The van der Waals surface area contributed by atoms with Crippen LogP contribution in [0.4, 0.5) is 0 Å². The van der Waals surface area contributed by atoms with Crippen LogP contribution in [0, 0.1) is 13.8 Å². The Kier molecular flexibility index (Phi) is 3.76. The van der Waals surface area contributed by atoms with Gasteiger partial charge in [-0.2, -0.15) is 5.10 Å². The van der Waals surface area contributed by atoms with Crippen LogP contribution in [0.25, 0.3) is 0 Å². The minimum Gasteiger partial charge on any atom is -0.385 e. The lowest BCUT2D eigenvalue weighted by molar-refractivity contribution is 0.0480. The molecule has 0 aliphatic rings. The van der Waals surface area contributed by atoms with Crippen LogP contribution in [-0.4, -0.2) is 14.9 Å². The molecule has 0 aliphatic carbocycles. The van der Waals surface area contributed by atoms with Crippen molar-refractivity contribution >= 4 is 0 Å². The summed E-state index contributed by atoms with van der Waals surface area (Å²) in [4.78, 5) is 0. The molecule has 0 spiro atoms. The van der Waals surface area contributed by atoms with Crippen molar-refractivity contribution in [1.29, 1.82) is 0 Å². The molecule has 0 fully saturated rings. The van der Waals surface area contributed by atoms with Crippen molar-refractivity contribution in [2.24, 2.45) is 7.05 Å². The van der Waals surface area contributed by atoms with Gasteiger partial charge in [-0.1, -0.05) is 18.2 Å². The van der Waals surface area contributed by atoms with Gasteiger partial charge in [0.05, 0.1) is 11.8 Å². The molecule has 0 aliphatic heterocycles. The first-order valence-electron chi connectivity index (χ1n) is 6.66. The molecule has 3 heteroatoms. The highest BCUT2D eigenvalue weighted by Gasteiger charge is 2.23. The van der Waals surface area contributed by atoms with E-state index >= 15 is 0 Å². The lowest BCUT2D eigenvalue weighted by Crippen LogP contribution is -2.22. The Bertz CT molecular complexity index is 570. The van der Waals surface area contributed by atoms with Gasteiger partial charge >= 0.3 is 0 Å². The van der Waals surface area contributed by atoms with E-state index in [9.17, 15) is 5.11 Å². The predicted molar refractivity (Wildman–Crippen MR) is 77.0 cm³/mol. The Morgan fingerprint density at radius 3 is 2.58 bits per heavy atom. The van der Waals surface area contributed by atoms with Crippen LogP contribution in [-0.2, 0) is 19.1 Å². The zero-order chi connectivity index (χ0) is 14.0. The maximum Gasteiger partial charge on any atom is 0.0871 e. The van der Waals surface area contributed by atoms with Crippen molar-refractivity contribution in [3.63, 3.8) is 0 Å². The first-order valence-corrected chi connectivity index (χ1v) is 6.66. The Morgan fingerprint density at radius 1 is 1.26 bits per heavy atom. The quantitative estimate of drug-likeness (QED) is 0.915. The monoisotopic (exact) mass is 258 g/mol. The van der Waals surface area contributed by atoms with E-state index < -0.39 is 5.60 Å². The molecule has 0 saturated carbocycles. The van der Waals surface area contributed by atoms with E-state index in [-0.39, 0.29) is 0 Å². The second kappa shape index (κ2) is 5.17. The van der Waals surface area contributed by atoms with Crippen molar-refractivity contribution in [3.05, 3.63) is 52.8 Å². The molecule has 1 unspecified atom stereocenters. The minimum absolute atomic E-state index is 0.696. The standard InChI is InChI=1S/C16H22N2O/c1-12-5-6-15(9-13(12)2)16(3,19)8-7-14-10-17-18(4)11-14/h5-6,9-11,19H,7-8H2,1-4H3. The molecule has 1 atom stereocenters. The molecule has 19 heavy (non-hydrogen) atoms. The molecule has 0 radical (unpaired) electrons. The molecular weight excluding hydrogens is 236 g/mol. The van der Waals surface area contributed by atoms with Crippen molar-refractivity contribution in [2.75, 3.05) is 0 Å². The van der Waals surface area contributed by atoms with E-state index in [2.05, 4.69) is 31.1 Å². The van der Waals surface area contributed by atoms with Gasteiger partial charge in [0.1, 0.15) is 0 Å². The first-order chi connectivity index (χ1) is 8.88. The van der Waals surface area contributed by atoms with E-state index in [0.29, 0.717) is 6.42 Å². The average molecular weight is 258 g/mol. The number of aliphatic hydroxyl groups is 1. The smallest absolute Gasteiger partial charge is 0.0871 e. The van der Waals surface area contributed by atoms with Gasteiger partial charge in [-0.25, -0.2) is 0 Å². The van der Waals surface area contributed by atoms with Gasteiger partial charge in [0.2, 0.25) is 0 Å².